The number of carboxylic acids is 1. The number of non-ortho nitro benzene ring substituents is 1. The number of aliphatic carboxylic acids is 1. The second-order valence-electron chi connectivity index (χ2n) is 6.83. The van der Waals surface area contributed by atoms with E-state index in [-0.39, 0.29) is 21.5 Å². The quantitative estimate of drug-likeness (QED) is 0.276. The van der Waals surface area contributed by atoms with Crippen molar-refractivity contribution in [3.8, 4) is 11.5 Å². The number of aryl methyl sites for hydroxylation is 3. The van der Waals surface area contributed by atoms with Gasteiger partial charge < -0.3 is 9.84 Å². The van der Waals surface area contributed by atoms with Crippen molar-refractivity contribution >= 4 is 46.5 Å². The monoisotopic (exact) mass is 511 g/mol. The van der Waals surface area contributed by atoms with Crippen LogP contribution in [-0.2, 0) is 17.6 Å². The first-order chi connectivity index (χ1) is 15.6. The van der Waals surface area contributed by atoms with Crippen LogP contribution < -0.4 is 4.74 Å². The molecule has 0 aliphatic rings. The summed E-state index contributed by atoms with van der Waals surface area (Å²) in [5, 5.41) is 19.0. The molecule has 0 aliphatic heterocycles. The number of carbonyl (C=O) groups is 1. The zero-order valence-corrected chi connectivity index (χ0v) is 20.0. The average molecular weight is 513 g/mol. The number of rotatable bonds is 7. The van der Waals surface area contributed by atoms with Crippen molar-refractivity contribution in [3.63, 3.8) is 0 Å². The molecule has 0 aliphatic carbocycles. The zero-order valence-electron chi connectivity index (χ0n) is 17.7. The molecule has 1 aromatic heterocycles. The molecular formula is C22H20Cl3N3O5. The Morgan fingerprint density at radius 2 is 1.67 bits per heavy atom. The van der Waals surface area contributed by atoms with E-state index < -0.39 is 10.9 Å². The van der Waals surface area contributed by atoms with Crippen molar-refractivity contribution < 1.29 is 19.6 Å². The zero-order chi connectivity index (χ0) is 24.5. The SMILES string of the molecule is CC(=O)O.Cc1ncnc(CCCc2ccc(Oc3c(Cl)cc([N+](=O)[O-])cc3Cl)cc2)c1Cl. The molecule has 1 heterocycles. The fourth-order valence-electron chi connectivity index (χ4n) is 2.73. The van der Waals surface area contributed by atoms with E-state index in [2.05, 4.69) is 9.97 Å². The van der Waals surface area contributed by atoms with Crippen LogP contribution in [0.1, 0.15) is 30.3 Å². The van der Waals surface area contributed by atoms with Gasteiger partial charge in [0.1, 0.15) is 12.1 Å². The van der Waals surface area contributed by atoms with E-state index in [1.807, 2.05) is 19.1 Å². The first-order valence-electron chi connectivity index (χ1n) is 9.64. The maximum Gasteiger partial charge on any atom is 0.300 e. The van der Waals surface area contributed by atoms with E-state index in [4.69, 9.17) is 49.4 Å². The van der Waals surface area contributed by atoms with Gasteiger partial charge in [-0.15, -0.1) is 0 Å². The lowest BCUT2D eigenvalue weighted by Gasteiger charge is -2.10. The predicted molar refractivity (Wildman–Crippen MR) is 127 cm³/mol. The molecule has 0 unspecified atom stereocenters. The number of nitro benzene ring substituents is 1. The minimum Gasteiger partial charge on any atom is -0.481 e. The van der Waals surface area contributed by atoms with E-state index in [0.717, 1.165) is 43.1 Å². The van der Waals surface area contributed by atoms with Gasteiger partial charge in [0.15, 0.2) is 5.75 Å². The number of benzene rings is 2. The minimum absolute atomic E-state index is 0.0744. The van der Waals surface area contributed by atoms with Crippen LogP contribution in [0.15, 0.2) is 42.7 Å². The molecule has 0 saturated carbocycles. The molecule has 0 fully saturated rings. The molecular weight excluding hydrogens is 493 g/mol. The fraction of sp³-hybridized carbons (Fsp3) is 0.227. The van der Waals surface area contributed by atoms with Gasteiger partial charge in [0.25, 0.3) is 11.7 Å². The van der Waals surface area contributed by atoms with Crippen molar-refractivity contribution in [2.45, 2.75) is 33.1 Å². The van der Waals surface area contributed by atoms with Gasteiger partial charge in [0.2, 0.25) is 0 Å². The number of carboxylic acid groups (broad SMARTS) is 1. The lowest BCUT2D eigenvalue weighted by molar-refractivity contribution is -0.384. The smallest absolute Gasteiger partial charge is 0.300 e. The Hall–Kier alpha value is -2.94. The molecule has 0 radical (unpaired) electrons. The molecule has 11 heteroatoms. The fourth-order valence-corrected chi connectivity index (χ4v) is 3.48. The molecule has 0 spiro atoms. The molecule has 8 nitrogen and oxygen atoms in total. The normalized spacial score (nSPS) is 10.2. The molecule has 3 rings (SSSR count). The van der Waals surface area contributed by atoms with E-state index in [1.165, 1.54) is 18.5 Å². The highest BCUT2D eigenvalue weighted by Gasteiger charge is 2.16. The van der Waals surface area contributed by atoms with E-state index >= 15 is 0 Å². The van der Waals surface area contributed by atoms with Crippen molar-refractivity contribution in [3.05, 3.63) is 84.9 Å². The third-order valence-electron chi connectivity index (χ3n) is 4.25. The van der Waals surface area contributed by atoms with Crippen LogP contribution in [0, 0.1) is 17.0 Å². The lowest BCUT2D eigenvalue weighted by Crippen LogP contribution is -1.97. The maximum atomic E-state index is 10.9. The molecule has 3 aromatic rings. The Kier molecular flexibility index (Phi) is 9.84. The van der Waals surface area contributed by atoms with Crippen LogP contribution in [0.25, 0.3) is 0 Å². The number of hydrogen-bond acceptors (Lipinski definition) is 6. The average Bonchev–Trinajstić information content (AvgIpc) is 2.74. The molecule has 0 saturated heterocycles. The Bertz CT molecular complexity index is 1110. The van der Waals surface area contributed by atoms with Gasteiger partial charge in [-0.25, -0.2) is 9.97 Å². The first kappa shape index (κ1) is 26.3. The number of halogens is 3. The van der Waals surface area contributed by atoms with Gasteiger partial charge in [-0.1, -0.05) is 46.9 Å². The van der Waals surface area contributed by atoms with Gasteiger partial charge in [0, 0.05) is 19.1 Å². The Balaban J connectivity index is 0.000000890. The number of hydrogen-bond donors (Lipinski definition) is 1. The van der Waals surface area contributed by atoms with Crippen molar-refractivity contribution in [2.24, 2.45) is 0 Å². The van der Waals surface area contributed by atoms with Crippen LogP contribution in [0.4, 0.5) is 5.69 Å². The predicted octanol–water partition coefficient (Wildman–Crippen LogP) is 6.71. The van der Waals surface area contributed by atoms with Gasteiger partial charge in [-0.05, 0) is 43.9 Å². The van der Waals surface area contributed by atoms with Crippen LogP contribution in [-0.4, -0.2) is 26.0 Å². The largest absolute Gasteiger partial charge is 0.481 e. The van der Waals surface area contributed by atoms with Gasteiger partial charge >= 0.3 is 0 Å². The van der Waals surface area contributed by atoms with Gasteiger partial charge in [0.05, 0.1) is 31.4 Å². The highest BCUT2D eigenvalue weighted by molar-refractivity contribution is 6.37. The van der Waals surface area contributed by atoms with E-state index in [1.54, 1.807) is 12.1 Å². The number of aromatic nitrogens is 2. The summed E-state index contributed by atoms with van der Waals surface area (Å²) in [7, 11) is 0. The highest BCUT2D eigenvalue weighted by atomic mass is 35.5. The lowest BCUT2D eigenvalue weighted by atomic mass is 10.1. The molecule has 0 amide bonds. The summed E-state index contributed by atoms with van der Waals surface area (Å²) in [6.45, 7) is 2.94. The van der Waals surface area contributed by atoms with Gasteiger partial charge in [-0.2, -0.15) is 0 Å². The summed E-state index contributed by atoms with van der Waals surface area (Å²) in [6, 6.07) is 9.88. The number of nitrogens with zero attached hydrogens (tertiary/aromatic N) is 3. The van der Waals surface area contributed by atoms with Crippen LogP contribution in [0.3, 0.4) is 0 Å². The van der Waals surface area contributed by atoms with Gasteiger partial charge in [-0.3, -0.25) is 14.9 Å². The maximum absolute atomic E-state index is 10.9. The molecule has 33 heavy (non-hydrogen) atoms. The summed E-state index contributed by atoms with van der Waals surface area (Å²) in [6.07, 6.45) is 4.01. The highest BCUT2D eigenvalue weighted by Crippen LogP contribution is 2.39. The Morgan fingerprint density at radius 1 is 1.09 bits per heavy atom. The van der Waals surface area contributed by atoms with Crippen molar-refractivity contribution in [1.82, 2.24) is 9.97 Å². The van der Waals surface area contributed by atoms with Crippen LogP contribution in [0.5, 0.6) is 11.5 Å². The summed E-state index contributed by atoms with van der Waals surface area (Å²) >= 11 is 18.4. The van der Waals surface area contributed by atoms with Crippen molar-refractivity contribution in [1.29, 1.82) is 0 Å². The number of ether oxygens (including phenoxy) is 1. The third-order valence-corrected chi connectivity index (χ3v) is 5.31. The molecule has 2 aromatic carbocycles. The summed E-state index contributed by atoms with van der Waals surface area (Å²) in [5.74, 6) is -0.124. The summed E-state index contributed by atoms with van der Waals surface area (Å²) < 4.78 is 5.71. The number of nitro groups is 1. The van der Waals surface area contributed by atoms with Crippen molar-refractivity contribution in [2.75, 3.05) is 0 Å². The second-order valence-corrected chi connectivity index (χ2v) is 8.03. The Labute approximate surface area is 205 Å². The Morgan fingerprint density at radius 3 is 2.21 bits per heavy atom. The second kappa shape index (κ2) is 12.3. The summed E-state index contributed by atoms with van der Waals surface area (Å²) in [4.78, 5) is 27.6. The molecule has 174 valence electrons. The molecule has 0 atom stereocenters. The third kappa shape index (κ3) is 8.16. The minimum atomic E-state index is -0.833. The van der Waals surface area contributed by atoms with Crippen LogP contribution in [0.2, 0.25) is 15.1 Å². The first-order valence-corrected chi connectivity index (χ1v) is 10.8. The topological polar surface area (TPSA) is 115 Å². The molecule has 0 bridgehead atoms. The molecule has 1 N–H and O–H groups in total. The summed E-state index contributed by atoms with van der Waals surface area (Å²) in [5.41, 5.74) is 2.56. The van der Waals surface area contributed by atoms with E-state index in [0.29, 0.717) is 10.8 Å². The van der Waals surface area contributed by atoms with Crippen LogP contribution >= 0.6 is 34.8 Å². The standard InChI is InChI=1S/C20H16Cl3N3O3.C2H4O2/c1-12-19(23)18(25-11-24-12)4-2-3-13-5-7-15(8-6-13)29-20-16(21)9-14(26(27)28)10-17(20)22;1-2(3)4/h5-11H,2-4H2,1H3;1H3,(H,3,4). The van der Waals surface area contributed by atoms with E-state index in [9.17, 15) is 10.1 Å².